The van der Waals surface area contributed by atoms with Crippen LogP contribution in [0.5, 0.6) is 11.5 Å². The van der Waals surface area contributed by atoms with Crippen molar-refractivity contribution in [2.75, 3.05) is 40.3 Å². The van der Waals surface area contributed by atoms with E-state index >= 15 is 0 Å². The van der Waals surface area contributed by atoms with Crippen molar-refractivity contribution in [1.82, 2.24) is 20.4 Å². The number of amides is 3. The summed E-state index contributed by atoms with van der Waals surface area (Å²) >= 11 is 0. The van der Waals surface area contributed by atoms with Gasteiger partial charge in [0.15, 0.2) is 29.3 Å². The number of ether oxygens (including phenoxy) is 2. The molecule has 246 valence electrons. The third-order valence-corrected chi connectivity index (χ3v) is 9.87. The number of piperidine rings is 1. The van der Waals surface area contributed by atoms with E-state index in [2.05, 4.69) is 27.6 Å². The van der Waals surface area contributed by atoms with Crippen molar-refractivity contribution >= 4 is 29.7 Å². The molecule has 1 spiro atoms. The van der Waals surface area contributed by atoms with Gasteiger partial charge < -0.3 is 41.4 Å². The van der Waals surface area contributed by atoms with Crippen molar-refractivity contribution in [3.63, 3.8) is 0 Å². The molecule has 6 N–H and O–H groups in total. The number of rotatable bonds is 10. The highest BCUT2D eigenvalue weighted by molar-refractivity contribution is 5.90. The molecule has 1 saturated heterocycles. The van der Waals surface area contributed by atoms with Gasteiger partial charge in [0.1, 0.15) is 6.04 Å². The summed E-state index contributed by atoms with van der Waals surface area (Å²) in [5.41, 5.74) is 11.9. The van der Waals surface area contributed by atoms with Crippen molar-refractivity contribution in [3.05, 3.63) is 23.3 Å². The number of Topliss-reactive ketones (excluding diaryl/α,β-unsaturated/α-hetero) is 1. The number of hydrogen-bond acceptors (Lipinski definition) is 8. The Labute approximate surface area is 264 Å². The maximum atomic E-state index is 13.2. The van der Waals surface area contributed by atoms with E-state index in [4.69, 9.17) is 20.9 Å². The first-order valence-electron chi connectivity index (χ1n) is 15.9. The molecular weight excluding hydrogens is 578 g/mol. The second-order valence-corrected chi connectivity index (χ2v) is 13.9. The predicted octanol–water partition coefficient (Wildman–Crippen LogP) is 1.06. The zero-order valence-corrected chi connectivity index (χ0v) is 27.0. The third kappa shape index (κ3) is 6.18. The molecule has 3 amide bonds. The van der Waals surface area contributed by atoms with Crippen LogP contribution in [-0.4, -0.2) is 97.9 Å². The van der Waals surface area contributed by atoms with Gasteiger partial charge in [-0.3, -0.25) is 19.4 Å². The summed E-state index contributed by atoms with van der Waals surface area (Å²) in [6, 6.07) is 3.36. The lowest BCUT2D eigenvalue weighted by molar-refractivity contribution is -0.138. The van der Waals surface area contributed by atoms with E-state index in [1.807, 2.05) is 6.07 Å². The summed E-state index contributed by atoms with van der Waals surface area (Å²) in [5.74, 6) is 0.626. The average molecular weight is 626 g/mol. The lowest BCUT2D eigenvalue weighted by Gasteiger charge is -2.57. The number of carbonyl (C=O) groups is 4. The van der Waals surface area contributed by atoms with Crippen LogP contribution in [0.25, 0.3) is 0 Å². The molecule has 0 radical (unpaired) electrons. The smallest absolute Gasteiger partial charge is 0.415 e. The van der Waals surface area contributed by atoms with Crippen LogP contribution in [-0.2, 0) is 26.2 Å². The van der Waals surface area contributed by atoms with Crippen molar-refractivity contribution in [2.24, 2.45) is 27.8 Å². The summed E-state index contributed by atoms with van der Waals surface area (Å²) in [6.07, 6.45) is 2.76. The Morgan fingerprint density at radius 3 is 2.73 bits per heavy atom. The van der Waals surface area contributed by atoms with Gasteiger partial charge >= 0.3 is 6.09 Å². The van der Waals surface area contributed by atoms with Gasteiger partial charge in [-0.25, -0.2) is 4.79 Å². The number of nitrogens with one attached hydrogen (secondary N) is 2. The van der Waals surface area contributed by atoms with E-state index in [1.165, 1.54) is 4.90 Å². The molecule has 1 aromatic rings. The molecule has 5 atom stereocenters. The SMILES string of the molecule is CN(CCNC(=O)[C@H](CCCN=C(N)N)NC(=O)C(C)(C)C)C(=O)Oc1ccc2c3c1OC1C(=O)CCC4[C@@H](C2)N(C)CC[C@]314. The fourth-order valence-electron chi connectivity index (χ4n) is 7.47. The molecule has 2 unspecified atom stereocenters. The van der Waals surface area contributed by atoms with Crippen molar-refractivity contribution in [1.29, 1.82) is 0 Å². The summed E-state index contributed by atoms with van der Waals surface area (Å²) in [5, 5.41) is 5.62. The minimum Gasteiger partial charge on any atom is -0.477 e. The van der Waals surface area contributed by atoms with E-state index < -0.39 is 23.7 Å². The van der Waals surface area contributed by atoms with Crippen LogP contribution in [0.3, 0.4) is 0 Å². The van der Waals surface area contributed by atoms with Gasteiger partial charge in [-0.15, -0.1) is 0 Å². The largest absolute Gasteiger partial charge is 0.477 e. The van der Waals surface area contributed by atoms with Crippen LogP contribution < -0.4 is 31.6 Å². The second kappa shape index (κ2) is 12.5. The number of ketones is 1. The first-order chi connectivity index (χ1) is 21.2. The van der Waals surface area contributed by atoms with Crippen LogP contribution in [0.1, 0.15) is 64.0 Å². The molecule has 1 aromatic carbocycles. The third-order valence-electron chi connectivity index (χ3n) is 9.87. The molecule has 2 aliphatic heterocycles. The van der Waals surface area contributed by atoms with Crippen LogP contribution >= 0.6 is 0 Å². The predicted molar refractivity (Wildman–Crippen MR) is 168 cm³/mol. The highest BCUT2D eigenvalue weighted by Crippen LogP contribution is 2.63. The maximum Gasteiger partial charge on any atom is 0.415 e. The Balaban J connectivity index is 1.22. The second-order valence-electron chi connectivity index (χ2n) is 13.9. The van der Waals surface area contributed by atoms with Gasteiger partial charge in [0, 0.05) is 55.5 Å². The summed E-state index contributed by atoms with van der Waals surface area (Å²) in [4.78, 5) is 59.7. The molecule has 13 nitrogen and oxygen atoms in total. The van der Waals surface area contributed by atoms with Crippen molar-refractivity contribution in [3.8, 4) is 11.5 Å². The Hall–Kier alpha value is -3.87. The van der Waals surface area contributed by atoms with E-state index in [1.54, 1.807) is 33.9 Å². The van der Waals surface area contributed by atoms with Gasteiger partial charge in [-0.2, -0.15) is 0 Å². The number of aliphatic imine (C=N–C) groups is 1. The van der Waals surface area contributed by atoms with Crippen LogP contribution in [0, 0.1) is 11.3 Å². The average Bonchev–Trinajstić information content (AvgIpc) is 3.33. The zero-order chi connectivity index (χ0) is 32.7. The van der Waals surface area contributed by atoms with Crippen LogP contribution in [0.4, 0.5) is 4.79 Å². The summed E-state index contributed by atoms with van der Waals surface area (Å²) < 4.78 is 12.3. The van der Waals surface area contributed by atoms with Gasteiger partial charge in [-0.1, -0.05) is 26.8 Å². The topological polar surface area (TPSA) is 182 Å². The molecule has 0 aromatic heterocycles. The van der Waals surface area contributed by atoms with Gasteiger partial charge in [0.25, 0.3) is 0 Å². The van der Waals surface area contributed by atoms with Crippen LogP contribution in [0.2, 0.25) is 0 Å². The Bertz CT molecular complexity index is 1390. The molecule has 13 heteroatoms. The summed E-state index contributed by atoms with van der Waals surface area (Å²) in [7, 11) is 3.75. The molecule has 45 heavy (non-hydrogen) atoms. The fraction of sp³-hybridized carbons (Fsp3) is 0.656. The normalized spacial score (nSPS) is 25.4. The lowest BCUT2D eigenvalue weighted by Crippen LogP contribution is -2.65. The maximum absolute atomic E-state index is 13.2. The van der Waals surface area contributed by atoms with E-state index in [0.29, 0.717) is 49.3 Å². The molecule has 2 bridgehead atoms. The van der Waals surface area contributed by atoms with Gasteiger partial charge in [0.2, 0.25) is 11.8 Å². The van der Waals surface area contributed by atoms with Crippen molar-refractivity contribution < 1.29 is 28.7 Å². The number of likely N-dealkylation sites (N-methyl/N-ethyl adjacent to an activating group) is 2. The minimum atomic E-state index is -0.784. The molecule has 2 aliphatic carbocycles. The number of nitrogens with two attached hydrogens (primary N) is 2. The summed E-state index contributed by atoms with van der Waals surface area (Å²) in [6.45, 7) is 6.84. The zero-order valence-electron chi connectivity index (χ0n) is 27.0. The Morgan fingerprint density at radius 1 is 1.27 bits per heavy atom. The number of hydrogen-bond donors (Lipinski definition) is 4. The van der Waals surface area contributed by atoms with E-state index in [0.717, 1.165) is 36.9 Å². The Morgan fingerprint density at radius 2 is 2.02 bits per heavy atom. The highest BCUT2D eigenvalue weighted by Gasteiger charge is 2.65. The van der Waals surface area contributed by atoms with Crippen molar-refractivity contribution in [2.45, 2.75) is 82.9 Å². The quantitative estimate of drug-likeness (QED) is 0.168. The standard InChI is InChI=1S/C32H47N7O6/c1-31(2,3)28(42)37-20(7-6-13-36-29(33)34)27(41)35-14-16-39(5)30(43)44-23-11-8-18-17-21-19-9-10-22(40)26-32(19,12-15-38(21)4)24(18)25(23)45-26/h8,11,19-21,26H,6-7,9-10,12-17H2,1-5H3,(H,35,41)(H,37,42)(H4,33,34,36)/t19?,20-,21+,26?,32-/m0/s1. The van der Waals surface area contributed by atoms with Gasteiger partial charge in [-0.05, 0) is 63.2 Å². The molecular formula is C32H47N7O6. The number of likely N-dealkylation sites (tertiary alicyclic amines) is 1. The highest BCUT2D eigenvalue weighted by atomic mass is 16.6. The number of carbonyl (C=O) groups excluding carboxylic acids is 4. The Kier molecular flexibility index (Phi) is 9.03. The van der Waals surface area contributed by atoms with Gasteiger partial charge in [0.05, 0.1) is 0 Å². The molecule has 2 fully saturated rings. The molecule has 2 heterocycles. The minimum absolute atomic E-state index is 0.0356. The number of guanidine groups is 1. The first kappa shape index (κ1) is 32.5. The van der Waals surface area contributed by atoms with Crippen LogP contribution in [0.15, 0.2) is 17.1 Å². The lowest BCUT2D eigenvalue weighted by atomic mass is 9.52. The molecule has 1 saturated carbocycles. The fourth-order valence-corrected chi connectivity index (χ4v) is 7.47. The monoisotopic (exact) mass is 625 g/mol. The first-order valence-corrected chi connectivity index (χ1v) is 15.9. The van der Waals surface area contributed by atoms with E-state index in [-0.39, 0.29) is 42.1 Å². The molecule has 4 aliphatic rings. The van der Waals surface area contributed by atoms with E-state index in [9.17, 15) is 19.2 Å². The number of nitrogens with zero attached hydrogens (tertiary/aromatic N) is 3. The molecule has 5 rings (SSSR count). The number of benzene rings is 1.